The standard InChI is InChI=1S/C12H15BrN4/c1-9-6-10(2)16-12(15-9)17-8-11(7-14-17)4-3-5-13/h6-8H,3-5H2,1-2H3. The third kappa shape index (κ3) is 3.12. The number of hydrogen-bond acceptors (Lipinski definition) is 3. The Balaban J connectivity index is 2.24. The number of halogens is 1. The summed E-state index contributed by atoms with van der Waals surface area (Å²) in [5.41, 5.74) is 3.14. The first kappa shape index (κ1) is 12.2. The van der Waals surface area contributed by atoms with Crippen LogP contribution in [-0.4, -0.2) is 25.1 Å². The Hall–Kier alpha value is -1.23. The summed E-state index contributed by atoms with van der Waals surface area (Å²) >= 11 is 3.43. The van der Waals surface area contributed by atoms with Gasteiger partial charge >= 0.3 is 0 Å². The van der Waals surface area contributed by atoms with E-state index in [1.165, 1.54) is 5.56 Å². The lowest BCUT2D eigenvalue weighted by atomic mass is 10.2. The van der Waals surface area contributed by atoms with E-state index in [0.29, 0.717) is 5.95 Å². The Morgan fingerprint density at radius 1 is 1.24 bits per heavy atom. The van der Waals surface area contributed by atoms with Gasteiger partial charge in [0.25, 0.3) is 5.95 Å². The van der Waals surface area contributed by atoms with Gasteiger partial charge in [0.1, 0.15) is 0 Å². The van der Waals surface area contributed by atoms with Crippen LogP contribution < -0.4 is 0 Å². The van der Waals surface area contributed by atoms with Crippen LogP contribution in [-0.2, 0) is 6.42 Å². The monoisotopic (exact) mass is 294 g/mol. The molecule has 0 atom stereocenters. The average molecular weight is 295 g/mol. The molecule has 0 spiro atoms. The summed E-state index contributed by atoms with van der Waals surface area (Å²) < 4.78 is 1.74. The van der Waals surface area contributed by atoms with Crippen LogP contribution in [0.1, 0.15) is 23.4 Å². The molecule has 2 heterocycles. The zero-order valence-corrected chi connectivity index (χ0v) is 11.6. The number of aromatic nitrogens is 4. The van der Waals surface area contributed by atoms with Crippen LogP contribution in [0.4, 0.5) is 0 Å². The van der Waals surface area contributed by atoms with Crippen molar-refractivity contribution in [1.29, 1.82) is 0 Å². The van der Waals surface area contributed by atoms with E-state index < -0.39 is 0 Å². The van der Waals surface area contributed by atoms with Gasteiger partial charge in [-0.1, -0.05) is 15.9 Å². The highest BCUT2D eigenvalue weighted by atomic mass is 79.9. The van der Waals surface area contributed by atoms with Gasteiger partial charge in [0.15, 0.2) is 0 Å². The Labute approximate surface area is 109 Å². The Bertz CT molecular complexity index is 487. The molecule has 0 aliphatic heterocycles. The molecule has 2 aromatic rings. The van der Waals surface area contributed by atoms with Crippen molar-refractivity contribution in [2.45, 2.75) is 26.7 Å². The van der Waals surface area contributed by atoms with Crippen LogP contribution in [0.25, 0.3) is 5.95 Å². The van der Waals surface area contributed by atoms with Gasteiger partial charge in [-0.2, -0.15) is 5.10 Å². The highest BCUT2D eigenvalue weighted by molar-refractivity contribution is 9.09. The van der Waals surface area contributed by atoms with E-state index >= 15 is 0 Å². The molecular weight excluding hydrogens is 280 g/mol. The Kier molecular flexibility index (Phi) is 3.89. The molecule has 0 aliphatic carbocycles. The minimum Gasteiger partial charge on any atom is -0.216 e. The van der Waals surface area contributed by atoms with E-state index in [1.807, 2.05) is 32.3 Å². The molecule has 90 valence electrons. The summed E-state index contributed by atoms with van der Waals surface area (Å²) in [5, 5.41) is 5.31. The van der Waals surface area contributed by atoms with Gasteiger partial charge < -0.3 is 0 Å². The molecule has 0 N–H and O–H groups in total. The van der Waals surface area contributed by atoms with Crippen LogP contribution >= 0.6 is 15.9 Å². The van der Waals surface area contributed by atoms with Gasteiger partial charge in [-0.3, -0.25) is 0 Å². The van der Waals surface area contributed by atoms with Gasteiger partial charge in [0.2, 0.25) is 0 Å². The first-order valence-corrected chi connectivity index (χ1v) is 6.73. The largest absolute Gasteiger partial charge is 0.250 e. The summed E-state index contributed by atoms with van der Waals surface area (Å²) in [6.45, 7) is 3.93. The lowest BCUT2D eigenvalue weighted by Crippen LogP contribution is -2.03. The second-order valence-electron chi connectivity index (χ2n) is 4.04. The normalized spacial score (nSPS) is 10.8. The molecule has 0 saturated carbocycles. The van der Waals surface area contributed by atoms with Crippen LogP contribution in [0.2, 0.25) is 0 Å². The third-order valence-electron chi connectivity index (χ3n) is 2.41. The molecule has 0 bridgehead atoms. The Morgan fingerprint density at radius 2 is 1.94 bits per heavy atom. The average Bonchev–Trinajstić information content (AvgIpc) is 2.73. The number of alkyl halides is 1. The van der Waals surface area contributed by atoms with Crippen molar-refractivity contribution in [3.8, 4) is 5.95 Å². The summed E-state index contributed by atoms with van der Waals surface area (Å²) in [4.78, 5) is 8.76. The first-order chi connectivity index (χ1) is 8.19. The van der Waals surface area contributed by atoms with Crippen LogP contribution in [0.5, 0.6) is 0 Å². The van der Waals surface area contributed by atoms with Crippen molar-refractivity contribution in [1.82, 2.24) is 19.7 Å². The number of aryl methyl sites for hydroxylation is 3. The SMILES string of the molecule is Cc1cc(C)nc(-n2cc(CCCBr)cn2)n1. The molecule has 0 aromatic carbocycles. The maximum atomic E-state index is 4.38. The first-order valence-electron chi connectivity index (χ1n) is 5.61. The van der Waals surface area contributed by atoms with Gasteiger partial charge in [-0.15, -0.1) is 0 Å². The molecule has 2 rings (SSSR count). The van der Waals surface area contributed by atoms with E-state index in [9.17, 15) is 0 Å². The fourth-order valence-corrected chi connectivity index (χ4v) is 1.96. The summed E-state index contributed by atoms with van der Waals surface area (Å²) in [5.74, 6) is 0.646. The molecule has 0 saturated heterocycles. The maximum absolute atomic E-state index is 4.38. The second-order valence-corrected chi connectivity index (χ2v) is 4.83. The van der Waals surface area contributed by atoms with Crippen molar-refractivity contribution >= 4 is 15.9 Å². The molecule has 0 amide bonds. The third-order valence-corrected chi connectivity index (χ3v) is 2.97. The summed E-state index contributed by atoms with van der Waals surface area (Å²) in [6.07, 6.45) is 6.01. The predicted molar refractivity (Wildman–Crippen MR) is 70.7 cm³/mol. The highest BCUT2D eigenvalue weighted by Crippen LogP contribution is 2.08. The molecule has 0 aliphatic rings. The van der Waals surface area contributed by atoms with Crippen molar-refractivity contribution in [2.75, 3.05) is 5.33 Å². The molecule has 5 heteroatoms. The quantitative estimate of drug-likeness (QED) is 0.814. The molecule has 0 fully saturated rings. The second kappa shape index (κ2) is 5.40. The van der Waals surface area contributed by atoms with Crippen LogP contribution in [0.3, 0.4) is 0 Å². The Morgan fingerprint density at radius 3 is 2.59 bits per heavy atom. The van der Waals surface area contributed by atoms with E-state index in [-0.39, 0.29) is 0 Å². The minimum absolute atomic E-state index is 0.646. The van der Waals surface area contributed by atoms with Crippen LogP contribution in [0.15, 0.2) is 18.5 Å². The maximum Gasteiger partial charge on any atom is 0.250 e. The van der Waals surface area contributed by atoms with E-state index in [4.69, 9.17) is 0 Å². The minimum atomic E-state index is 0.646. The smallest absolute Gasteiger partial charge is 0.216 e. The lowest BCUT2D eigenvalue weighted by Gasteiger charge is -2.02. The summed E-state index contributed by atoms with van der Waals surface area (Å²) in [7, 11) is 0. The molecule has 17 heavy (non-hydrogen) atoms. The number of hydrogen-bond donors (Lipinski definition) is 0. The van der Waals surface area contributed by atoms with E-state index in [1.54, 1.807) is 4.68 Å². The van der Waals surface area contributed by atoms with Gasteiger partial charge in [-0.05, 0) is 38.3 Å². The molecule has 0 unspecified atom stereocenters. The predicted octanol–water partition coefficient (Wildman–Crippen LogP) is 2.61. The fraction of sp³-hybridized carbons (Fsp3) is 0.417. The lowest BCUT2D eigenvalue weighted by molar-refractivity contribution is 0.792. The van der Waals surface area contributed by atoms with Gasteiger partial charge in [0.05, 0.1) is 6.20 Å². The van der Waals surface area contributed by atoms with Crippen molar-refractivity contribution in [3.63, 3.8) is 0 Å². The fourth-order valence-electron chi connectivity index (χ4n) is 1.68. The molecule has 0 radical (unpaired) electrons. The van der Waals surface area contributed by atoms with Gasteiger partial charge in [-0.25, -0.2) is 14.6 Å². The zero-order chi connectivity index (χ0) is 12.3. The molecular formula is C12H15BrN4. The van der Waals surface area contributed by atoms with Crippen molar-refractivity contribution < 1.29 is 0 Å². The van der Waals surface area contributed by atoms with E-state index in [2.05, 4.69) is 31.0 Å². The topological polar surface area (TPSA) is 43.6 Å². The van der Waals surface area contributed by atoms with Crippen LogP contribution in [0, 0.1) is 13.8 Å². The highest BCUT2D eigenvalue weighted by Gasteiger charge is 2.04. The van der Waals surface area contributed by atoms with Crippen molar-refractivity contribution in [3.05, 3.63) is 35.4 Å². The molecule has 4 nitrogen and oxygen atoms in total. The number of rotatable bonds is 4. The molecule has 2 aromatic heterocycles. The number of nitrogens with zero attached hydrogens (tertiary/aromatic N) is 4. The zero-order valence-electron chi connectivity index (χ0n) is 10.0. The van der Waals surface area contributed by atoms with Crippen molar-refractivity contribution in [2.24, 2.45) is 0 Å². The van der Waals surface area contributed by atoms with Gasteiger partial charge in [0, 0.05) is 22.9 Å². The van der Waals surface area contributed by atoms with E-state index in [0.717, 1.165) is 29.6 Å². The summed E-state index contributed by atoms with van der Waals surface area (Å²) in [6, 6.07) is 1.96.